The quantitative estimate of drug-likeness (QED) is 0.803. The van der Waals surface area contributed by atoms with Crippen molar-refractivity contribution in [2.75, 3.05) is 5.32 Å². The number of aromatic nitrogens is 1. The van der Waals surface area contributed by atoms with Crippen molar-refractivity contribution in [1.29, 1.82) is 0 Å². The van der Waals surface area contributed by atoms with Gasteiger partial charge in [-0.1, -0.05) is 11.6 Å². The van der Waals surface area contributed by atoms with E-state index in [9.17, 15) is 4.79 Å². The van der Waals surface area contributed by atoms with Crippen LogP contribution in [0.25, 0.3) is 0 Å². The minimum absolute atomic E-state index is 0.176. The number of H-pyrrole nitrogens is 1. The summed E-state index contributed by atoms with van der Waals surface area (Å²) in [5, 5.41) is 3.58. The van der Waals surface area contributed by atoms with Crippen LogP contribution >= 0.6 is 34.2 Å². The maximum absolute atomic E-state index is 11.7. The molecule has 0 unspecified atom stereocenters. The predicted octanol–water partition coefficient (Wildman–Crippen LogP) is 3.68. The van der Waals surface area contributed by atoms with E-state index in [1.54, 1.807) is 13.0 Å². The van der Waals surface area contributed by atoms with Crippen LogP contribution in [0.2, 0.25) is 5.02 Å². The largest absolute Gasteiger partial charge is 0.351 e. The molecule has 2 rings (SSSR count). The van der Waals surface area contributed by atoms with Gasteiger partial charge in [0, 0.05) is 15.0 Å². The molecule has 0 spiro atoms. The zero-order chi connectivity index (χ0) is 12.4. The van der Waals surface area contributed by atoms with Crippen LogP contribution in [0.15, 0.2) is 35.1 Å². The van der Waals surface area contributed by atoms with E-state index in [1.165, 1.54) is 0 Å². The van der Waals surface area contributed by atoms with Crippen molar-refractivity contribution in [2.45, 2.75) is 6.92 Å². The average molecular weight is 361 g/mol. The van der Waals surface area contributed by atoms with Crippen LogP contribution in [0, 0.1) is 10.5 Å². The van der Waals surface area contributed by atoms with Gasteiger partial charge in [0.15, 0.2) is 0 Å². The van der Waals surface area contributed by atoms with E-state index in [0.29, 0.717) is 16.4 Å². The standard InChI is InChI=1S/C12H10ClIN2O/c1-7-10(13)6-11(12(17)15-7)16-9-4-2-8(14)3-5-9/h2-6,16H,1H3,(H,15,17). The molecule has 5 heteroatoms. The Hall–Kier alpha value is -1.01. The fraction of sp³-hybridized carbons (Fsp3) is 0.0833. The van der Waals surface area contributed by atoms with E-state index in [4.69, 9.17) is 11.6 Å². The molecule has 0 saturated heterocycles. The van der Waals surface area contributed by atoms with Gasteiger partial charge >= 0.3 is 0 Å². The normalized spacial score (nSPS) is 10.3. The number of aryl methyl sites for hydroxylation is 1. The van der Waals surface area contributed by atoms with E-state index in [0.717, 1.165) is 9.26 Å². The first kappa shape index (κ1) is 12.4. The third kappa shape index (κ3) is 3.01. The zero-order valence-corrected chi connectivity index (χ0v) is 12.0. The Morgan fingerprint density at radius 2 is 1.94 bits per heavy atom. The second kappa shape index (κ2) is 5.10. The molecule has 0 atom stereocenters. The third-order valence-electron chi connectivity index (χ3n) is 2.30. The highest BCUT2D eigenvalue weighted by molar-refractivity contribution is 14.1. The van der Waals surface area contributed by atoms with Gasteiger partial charge in [0.2, 0.25) is 0 Å². The molecule has 0 aliphatic heterocycles. The molecule has 2 aromatic rings. The number of pyridine rings is 1. The molecule has 88 valence electrons. The lowest BCUT2D eigenvalue weighted by atomic mass is 10.3. The lowest BCUT2D eigenvalue weighted by Gasteiger charge is -2.07. The summed E-state index contributed by atoms with van der Waals surface area (Å²) < 4.78 is 1.14. The summed E-state index contributed by atoms with van der Waals surface area (Å²) in [5.74, 6) is 0. The molecular weight excluding hydrogens is 351 g/mol. The molecule has 0 radical (unpaired) electrons. The fourth-order valence-electron chi connectivity index (χ4n) is 1.38. The van der Waals surface area contributed by atoms with E-state index in [1.807, 2.05) is 24.3 Å². The summed E-state index contributed by atoms with van der Waals surface area (Å²) in [6, 6.07) is 9.39. The molecule has 17 heavy (non-hydrogen) atoms. The summed E-state index contributed by atoms with van der Waals surface area (Å²) in [6.45, 7) is 1.76. The Bertz CT molecular complexity index is 592. The second-order valence-electron chi connectivity index (χ2n) is 3.62. The summed E-state index contributed by atoms with van der Waals surface area (Å²) in [6.07, 6.45) is 0. The van der Waals surface area contributed by atoms with E-state index >= 15 is 0 Å². The van der Waals surface area contributed by atoms with E-state index in [2.05, 4.69) is 32.9 Å². The summed E-state index contributed by atoms with van der Waals surface area (Å²) in [5.41, 5.74) is 1.80. The second-order valence-corrected chi connectivity index (χ2v) is 5.27. The first-order valence-corrected chi connectivity index (χ1v) is 6.44. The van der Waals surface area contributed by atoms with Gasteiger partial charge in [0.1, 0.15) is 5.69 Å². The van der Waals surface area contributed by atoms with Crippen molar-refractivity contribution < 1.29 is 0 Å². The lowest BCUT2D eigenvalue weighted by Crippen LogP contribution is -2.12. The molecule has 0 amide bonds. The molecule has 0 saturated carbocycles. The number of halogens is 2. The van der Waals surface area contributed by atoms with Crippen LogP contribution < -0.4 is 10.9 Å². The summed E-state index contributed by atoms with van der Waals surface area (Å²) in [4.78, 5) is 14.4. The molecule has 3 nitrogen and oxygen atoms in total. The highest BCUT2D eigenvalue weighted by Gasteiger charge is 2.04. The molecule has 0 fully saturated rings. The average Bonchev–Trinajstić information content (AvgIpc) is 2.29. The molecular formula is C12H10ClIN2O. The van der Waals surface area contributed by atoms with Gasteiger partial charge in [0.05, 0.1) is 5.02 Å². The van der Waals surface area contributed by atoms with Crippen LogP contribution in [0.5, 0.6) is 0 Å². The Kier molecular flexibility index (Phi) is 3.73. The Labute approximate surface area is 117 Å². The first-order valence-electron chi connectivity index (χ1n) is 4.98. The van der Waals surface area contributed by atoms with Crippen LogP contribution in [0.1, 0.15) is 5.69 Å². The van der Waals surface area contributed by atoms with Crippen molar-refractivity contribution in [3.8, 4) is 0 Å². The van der Waals surface area contributed by atoms with Crippen molar-refractivity contribution in [3.05, 3.63) is 55.0 Å². The number of hydrogen-bond donors (Lipinski definition) is 2. The smallest absolute Gasteiger partial charge is 0.271 e. The maximum Gasteiger partial charge on any atom is 0.271 e. The molecule has 1 aromatic carbocycles. The number of aromatic amines is 1. The van der Waals surface area contributed by atoms with Crippen molar-refractivity contribution in [2.24, 2.45) is 0 Å². The van der Waals surface area contributed by atoms with Crippen LogP contribution in [-0.2, 0) is 0 Å². The van der Waals surface area contributed by atoms with Gasteiger partial charge in [-0.05, 0) is 59.8 Å². The van der Waals surface area contributed by atoms with Crippen molar-refractivity contribution in [1.82, 2.24) is 4.98 Å². The van der Waals surface area contributed by atoms with Crippen LogP contribution in [0.3, 0.4) is 0 Å². The van der Waals surface area contributed by atoms with Crippen molar-refractivity contribution in [3.63, 3.8) is 0 Å². The maximum atomic E-state index is 11.7. The zero-order valence-electron chi connectivity index (χ0n) is 9.05. The summed E-state index contributed by atoms with van der Waals surface area (Å²) in [7, 11) is 0. The first-order chi connectivity index (χ1) is 8.06. The molecule has 0 aliphatic rings. The highest BCUT2D eigenvalue weighted by Crippen LogP contribution is 2.19. The number of nitrogens with one attached hydrogen (secondary N) is 2. The molecule has 0 bridgehead atoms. The molecule has 1 aromatic heterocycles. The monoisotopic (exact) mass is 360 g/mol. The number of hydrogen-bond acceptors (Lipinski definition) is 2. The van der Waals surface area contributed by atoms with Crippen LogP contribution in [-0.4, -0.2) is 4.98 Å². The van der Waals surface area contributed by atoms with E-state index in [-0.39, 0.29) is 5.56 Å². The predicted molar refractivity (Wildman–Crippen MR) is 79.3 cm³/mol. The van der Waals surface area contributed by atoms with E-state index < -0.39 is 0 Å². The number of rotatable bonds is 2. The van der Waals surface area contributed by atoms with Gasteiger partial charge < -0.3 is 10.3 Å². The topological polar surface area (TPSA) is 44.9 Å². The van der Waals surface area contributed by atoms with Gasteiger partial charge in [-0.15, -0.1) is 0 Å². The van der Waals surface area contributed by atoms with Crippen LogP contribution in [0.4, 0.5) is 11.4 Å². The Morgan fingerprint density at radius 1 is 1.29 bits per heavy atom. The molecule has 0 aliphatic carbocycles. The fourth-order valence-corrected chi connectivity index (χ4v) is 1.90. The van der Waals surface area contributed by atoms with Gasteiger partial charge in [-0.3, -0.25) is 4.79 Å². The lowest BCUT2D eigenvalue weighted by molar-refractivity contribution is 1.14. The minimum atomic E-state index is -0.176. The highest BCUT2D eigenvalue weighted by atomic mass is 127. The molecule has 1 heterocycles. The Morgan fingerprint density at radius 3 is 2.59 bits per heavy atom. The van der Waals surface area contributed by atoms with Gasteiger partial charge in [-0.2, -0.15) is 0 Å². The SMILES string of the molecule is Cc1[nH]c(=O)c(Nc2ccc(I)cc2)cc1Cl. The Balaban J connectivity index is 2.33. The number of benzene rings is 1. The van der Waals surface area contributed by atoms with Gasteiger partial charge in [-0.25, -0.2) is 0 Å². The van der Waals surface area contributed by atoms with Gasteiger partial charge in [0.25, 0.3) is 5.56 Å². The molecule has 2 N–H and O–H groups in total. The van der Waals surface area contributed by atoms with Crippen molar-refractivity contribution >= 4 is 45.6 Å². The summed E-state index contributed by atoms with van der Waals surface area (Å²) >= 11 is 8.19. The third-order valence-corrected chi connectivity index (χ3v) is 3.41. The minimum Gasteiger partial charge on any atom is -0.351 e. The number of anilines is 2.